The highest BCUT2D eigenvalue weighted by atomic mass is 32.2. The van der Waals surface area contributed by atoms with Gasteiger partial charge in [-0.3, -0.25) is 4.79 Å². The number of esters is 1. The fraction of sp³-hybridized carbons (Fsp3) is 0.158. The molecule has 0 saturated heterocycles. The summed E-state index contributed by atoms with van der Waals surface area (Å²) >= 11 is 1.08. The van der Waals surface area contributed by atoms with Gasteiger partial charge in [0.05, 0.1) is 18.4 Å². The minimum absolute atomic E-state index is 0.0143. The van der Waals surface area contributed by atoms with Gasteiger partial charge in [0.15, 0.2) is 5.82 Å². The Hall–Kier alpha value is -3.40. The van der Waals surface area contributed by atoms with Crippen molar-refractivity contribution in [2.45, 2.75) is 12.1 Å². The smallest absolute Gasteiger partial charge is 0.337 e. The number of nitrogen functional groups attached to an aromatic ring is 1. The second-order valence-electron chi connectivity index (χ2n) is 6.04. The highest BCUT2D eigenvalue weighted by Gasteiger charge is 2.15. The second kappa shape index (κ2) is 8.74. The molecule has 2 aromatic carbocycles. The van der Waals surface area contributed by atoms with E-state index in [2.05, 4.69) is 20.3 Å². The SMILES string of the molecule is COC(=O)c1ccc(C)c(NC(=O)CSc2nnc(-c3cccc(F)c3)n2N)c1. The summed E-state index contributed by atoms with van der Waals surface area (Å²) < 4.78 is 19.3. The largest absolute Gasteiger partial charge is 0.465 e. The molecule has 1 heterocycles. The van der Waals surface area contributed by atoms with Crippen LogP contribution >= 0.6 is 11.8 Å². The van der Waals surface area contributed by atoms with E-state index in [1.807, 2.05) is 6.92 Å². The lowest BCUT2D eigenvalue weighted by Crippen LogP contribution is -2.17. The first kappa shape index (κ1) is 20.3. The zero-order valence-electron chi connectivity index (χ0n) is 15.7. The summed E-state index contributed by atoms with van der Waals surface area (Å²) in [5.74, 6) is 5.07. The third kappa shape index (κ3) is 4.72. The number of benzene rings is 2. The van der Waals surface area contributed by atoms with Crippen molar-refractivity contribution in [1.29, 1.82) is 0 Å². The Labute approximate surface area is 170 Å². The standard InChI is InChI=1S/C19H18FN5O3S/c1-11-6-7-13(18(27)28-2)9-15(11)22-16(26)10-29-19-24-23-17(25(19)21)12-4-3-5-14(20)8-12/h3-9H,10,21H2,1-2H3,(H,22,26). The van der Waals surface area contributed by atoms with Crippen LogP contribution in [0.25, 0.3) is 11.4 Å². The van der Waals surface area contributed by atoms with Gasteiger partial charge < -0.3 is 15.9 Å². The first-order valence-corrected chi connectivity index (χ1v) is 9.45. The Morgan fingerprint density at radius 3 is 2.76 bits per heavy atom. The number of aryl methyl sites for hydroxylation is 1. The van der Waals surface area contributed by atoms with Gasteiger partial charge in [0.2, 0.25) is 11.1 Å². The summed E-state index contributed by atoms with van der Waals surface area (Å²) in [5, 5.41) is 11.0. The van der Waals surface area contributed by atoms with Crippen molar-refractivity contribution < 1.29 is 18.7 Å². The monoisotopic (exact) mass is 415 g/mol. The number of hydrogen-bond acceptors (Lipinski definition) is 7. The number of hydrogen-bond donors (Lipinski definition) is 2. The molecule has 29 heavy (non-hydrogen) atoms. The Morgan fingerprint density at radius 1 is 1.24 bits per heavy atom. The number of thioether (sulfide) groups is 1. The zero-order chi connectivity index (χ0) is 21.0. The molecule has 0 bridgehead atoms. The van der Waals surface area contributed by atoms with Crippen molar-refractivity contribution in [3.63, 3.8) is 0 Å². The van der Waals surface area contributed by atoms with Crippen LogP contribution < -0.4 is 11.2 Å². The van der Waals surface area contributed by atoms with Crippen molar-refractivity contribution in [2.24, 2.45) is 0 Å². The number of nitrogens with zero attached hydrogens (tertiary/aromatic N) is 3. The van der Waals surface area contributed by atoms with Gasteiger partial charge >= 0.3 is 5.97 Å². The number of halogens is 1. The summed E-state index contributed by atoms with van der Waals surface area (Å²) in [6.45, 7) is 1.81. The normalized spacial score (nSPS) is 10.6. The maximum Gasteiger partial charge on any atom is 0.337 e. The number of aromatic nitrogens is 3. The minimum atomic E-state index is -0.490. The highest BCUT2D eigenvalue weighted by molar-refractivity contribution is 7.99. The number of carbonyl (C=O) groups excluding carboxylic acids is 2. The summed E-state index contributed by atoms with van der Waals surface area (Å²) in [7, 11) is 1.29. The van der Waals surface area contributed by atoms with Crippen LogP contribution in [0.15, 0.2) is 47.6 Å². The molecule has 8 nitrogen and oxygen atoms in total. The number of carbonyl (C=O) groups is 2. The summed E-state index contributed by atoms with van der Waals surface area (Å²) in [6, 6.07) is 10.7. The van der Waals surface area contributed by atoms with Crippen LogP contribution in [0.5, 0.6) is 0 Å². The topological polar surface area (TPSA) is 112 Å². The number of methoxy groups -OCH3 is 1. The minimum Gasteiger partial charge on any atom is -0.465 e. The van der Waals surface area contributed by atoms with E-state index < -0.39 is 11.8 Å². The molecule has 0 radical (unpaired) electrons. The van der Waals surface area contributed by atoms with Crippen molar-refractivity contribution in [3.8, 4) is 11.4 Å². The lowest BCUT2D eigenvalue weighted by molar-refractivity contribution is -0.113. The number of rotatable bonds is 6. The van der Waals surface area contributed by atoms with Gasteiger partial charge in [-0.25, -0.2) is 13.9 Å². The molecule has 3 N–H and O–H groups in total. The quantitative estimate of drug-likeness (QED) is 0.362. The Morgan fingerprint density at radius 2 is 2.03 bits per heavy atom. The molecule has 0 spiro atoms. The molecule has 3 aromatic rings. The maximum atomic E-state index is 13.4. The van der Waals surface area contributed by atoms with Crippen LogP contribution in [0.3, 0.4) is 0 Å². The molecular weight excluding hydrogens is 397 g/mol. The van der Waals surface area contributed by atoms with Crippen LogP contribution in [-0.4, -0.2) is 39.6 Å². The Balaban J connectivity index is 1.67. The molecule has 0 fully saturated rings. The predicted molar refractivity (Wildman–Crippen MR) is 107 cm³/mol. The lowest BCUT2D eigenvalue weighted by Gasteiger charge is -2.10. The van der Waals surface area contributed by atoms with Crippen molar-refractivity contribution in [1.82, 2.24) is 14.9 Å². The molecule has 0 atom stereocenters. The highest BCUT2D eigenvalue weighted by Crippen LogP contribution is 2.23. The molecule has 0 unspecified atom stereocenters. The van der Waals surface area contributed by atoms with E-state index in [9.17, 15) is 14.0 Å². The van der Waals surface area contributed by atoms with E-state index in [1.165, 1.54) is 23.9 Å². The van der Waals surface area contributed by atoms with Crippen molar-refractivity contribution in [3.05, 3.63) is 59.4 Å². The molecule has 150 valence electrons. The molecule has 0 aliphatic heterocycles. The molecule has 3 rings (SSSR count). The van der Waals surface area contributed by atoms with Crippen molar-refractivity contribution in [2.75, 3.05) is 24.0 Å². The van der Waals surface area contributed by atoms with Crippen LogP contribution in [0.1, 0.15) is 15.9 Å². The van der Waals surface area contributed by atoms with Crippen molar-refractivity contribution >= 4 is 29.3 Å². The average molecular weight is 415 g/mol. The van der Waals surface area contributed by atoms with Gasteiger partial charge in [-0.1, -0.05) is 30.0 Å². The molecule has 1 amide bonds. The van der Waals surface area contributed by atoms with Crippen LogP contribution in [0, 0.1) is 12.7 Å². The Kier molecular flexibility index (Phi) is 6.13. The number of nitrogens with one attached hydrogen (secondary N) is 1. The van der Waals surface area contributed by atoms with Gasteiger partial charge in [0, 0.05) is 11.3 Å². The van der Waals surface area contributed by atoms with E-state index in [4.69, 9.17) is 5.84 Å². The number of amides is 1. The number of nitrogens with two attached hydrogens (primary N) is 1. The number of ether oxygens (including phenoxy) is 1. The van der Waals surface area contributed by atoms with E-state index in [-0.39, 0.29) is 17.5 Å². The summed E-state index contributed by atoms with van der Waals surface area (Å²) in [6.07, 6.45) is 0. The number of anilines is 1. The third-order valence-corrected chi connectivity index (χ3v) is 4.96. The van der Waals surface area contributed by atoms with Gasteiger partial charge in [-0.2, -0.15) is 0 Å². The fourth-order valence-corrected chi connectivity index (χ4v) is 3.17. The Bertz CT molecular complexity index is 1070. The third-order valence-electron chi connectivity index (χ3n) is 4.01. The average Bonchev–Trinajstić information content (AvgIpc) is 3.08. The van der Waals surface area contributed by atoms with Gasteiger partial charge in [0.1, 0.15) is 5.82 Å². The van der Waals surface area contributed by atoms with Crippen LogP contribution in [0.4, 0.5) is 10.1 Å². The molecule has 0 saturated carbocycles. The summed E-state index contributed by atoms with van der Waals surface area (Å²) in [5.41, 5.74) is 2.12. The first-order chi connectivity index (χ1) is 13.9. The maximum absolute atomic E-state index is 13.4. The second-order valence-corrected chi connectivity index (χ2v) is 6.99. The molecule has 10 heteroatoms. The zero-order valence-corrected chi connectivity index (χ0v) is 16.5. The van der Waals surface area contributed by atoms with E-state index >= 15 is 0 Å². The van der Waals surface area contributed by atoms with Gasteiger partial charge in [0.25, 0.3) is 0 Å². The molecule has 1 aromatic heterocycles. The fourth-order valence-electron chi connectivity index (χ4n) is 2.52. The molecule has 0 aliphatic rings. The van der Waals surface area contributed by atoms with Gasteiger partial charge in [-0.15, -0.1) is 10.2 Å². The van der Waals surface area contributed by atoms with Crippen LogP contribution in [0.2, 0.25) is 0 Å². The molecule has 0 aliphatic carbocycles. The first-order valence-electron chi connectivity index (χ1n) is 8.47. The predicted octanol–water partition coefficient (Wildman–Crippen LogP) is 2.62. The molecular formula is C19H18FN5O3S. The van der Waals surface area contributed by atoms with Gasteiger partial charge in [-0.05, 0) is 36.8 Å². The lowest BCUT2D eigenvalue weighted by atomic mass is 10.1. The van der Waals surface area contributed by atoms with E-state index in [0.29, 0.717) is 22.0 Å². The van der Waals surface area contributed by atoms with E-state index in [1.54, 1.807) is 30.3 Å². The van der Waals surface area contributed by atoms with E-state index in [0.717, 1.165) is 17.3 Å². The summed E-state index contributed by atoms with van der Waals surface area (Å²) in [4.78, 5) is 24.0. The van der Waals surface area contributed by atoms with Crippen LogP contribution in [-0.2, 0) is 9.53 Å².